The van der Waals surface area contributed by atoms with Gasteiger partial charge in [-0.25, -0.2) is 0 Å². The highest BCUT2D eigenvalue weighted by atomic mass is 16.3. The van der Waals surface area contributed by atoms with E-state index in [-0.39, 0.29) is 6.61 Å². The maximum Gasteiger partial charge on any atom is 0.0558 e. The lowest BCUT2D eigenvalue weighted by atomic mass is 9.79. The van der Waals surface area contributed by atoms with E-state index in [0.717, 1.165) is 26.2 Å². The van der Waals surface area contributed by atoms with E-state index in [0.29, 0.717) is 17.4 Å². The SMILES string of the molecule is CC(C)CNCC1(CN(CCO)C(C)C)CCCCCC1. The number of aliphatic hydroxyl groups excluding tert-OH is 1. The summed E-state index contributed by atoms with van der Waals surface area (Å²) in [5.41, 5.74) is 0.408. The highest BCUT2D eigenvalue weighted by Crippen LogP contribution is 2.35. The maximum absolute atomic E-state index is 9.35. The van der Waals surface area contributed by atoms with E-state index in [2.05, 4.69) is 37.9 Å². The molecular weight excluding hydrogens is 260 g/mol. The molecule has 3 nitrogen and oxygen atoms in total. The van der Waals surface area contributed by atoms with Crippen LogP contribution in [-0.2, 0) is 0 Å². The van der Waals surface area contributed by atoms with Crippen LogP contribution in [0.4, 0.5) is 0 Å². The fourth-order valence-corrected chi connectivity index (χ4v) is 3.57. The predicted octanol–water partition coefficient (Wildman–Crippen LogP) is 3.28. The Bertz CT molecular complexity index is 258. The van der Waals surface area contributed by atoms with Crippen molar-refractivity contribution < 1.29 is 5.11 Å². The van der Waals surface area contributed by atoms with Crippen LogP contribution < -0.4 is 5.32 Å². The summed E-state index contributed by atoms with van der Waals surface area (Å²) in [5.74, 6) is 0.714. The first-order valence-electron chi connectivity index (χ1n) is 9.05. The number of hydrogen-bond donors (Lipinski definition) is 2. The van der Waals surface area contributed by atoms with Crippen molar-refractivity contribution in [1.82, 2.24) is 10.2 Å². The Labute approximate surface area is 132 Å². The summed E-state index contributed by atoms with van der Waals surface area (Å²) in [4.78, 5) is 2.47. The van der Waals surface area contributed by atoms with Crippen molar-refractivity contribution in [1.29, 1.82) is 0 Å². The molecule has 1 fully saturated rings. The first-order valence-corrected chi connectivity index (χ1v) is 9.05. The Kier molecular flexibility index (Phi) is 8.84. The molecule has 3 heteroatoms. The topological polar surface area (TPSA) is 35.5 Å². The fraction of sp³-hybridized carbons (Fsp3) is 1.00. The van der Waals surface area contributed by atoms with Crippen LogP contribution in [0.5, 0.6) is 0 Å². The molecule has 0 unspecified atom stereocenters. The van der Waals surface area contributed by atoms with Gasteiger partial charge in [0, 0.05) is 25.7 Å². The number of rotatable bonds is 9. The molecular formula is C18H38N2O. The second kappa shape index (κ2) is 9.81. The highest BCUT2D eigenvalue weighted by molar-refractivity contribution is 4.88. The number of nitrogens with one attached hydrogen (secondary N) is 1. The first-order chi connectivity index (χ1) is 9.99. The van der Waals surface area contributed by atoms with Crippen molar-refractivity contribution in [3.63, 3.8) is 0 Å². The monoisotopic (exact) mass is 298 g/mol. The number of nitrogens with zero attached hydrogens (tertiary/aromatic N) is 1. The van der Waals surface area contributed by atoms with Gasteiger partial charge in [-0.2, -0.15) is 0 Å². The third-order valence-electron chi connectivity index (χ3n) is 4.87. The Morgan fingerprint density at radius 1 is 1.05 bits per heavy atom. The molecule has 126 valence electrons. The van der Waals surface area contributed by atoms with Gasteiger partial charge in [0.1, 0.15) is 0 Å². The first kappa shape index (κ1) is 18.9. The van der Waals surface area contributed by atoms with Gasteiger partial charge in [-0.3, -0.25) is 4.90 Å². The largest absolute Gasteiger partial charge is 0.395 e. The smallest absolute Gasteiger partial charge is 0.0558 e. The summed E-state index contributed by atoms with van der Waals surface area (Å²) >= 11 is 0. The minimum absolute atomic E-state index is 0.272. The van der Waals surface area contributed by atoms with Gasteiger partial charge < -0.3 is 10.4 Å². The summed E-state index contributed by atoms with van der Waals surface area (Å²) in [7, 11) is 0. The van der Waals surface area contributed by atoms with Gasteiger partial charge >= 0.3 is 0 Å². The van der Waals surface area contributed by atoms with Crippen LogP contribution in [0.1, 0.15) is 66.2 Å². The fourth-order valence-electron chi connectivity index (χ4n) is 3.57. The van der Waals surface area contributed by atoms with Gasteiger partial charge in [0.05, 0.1) is 6.61 Å². The standard InChI is InChI=1S/C18H38N2O/c1-16(2)13-19-14-18(9-7-5-6-8-10-18)15-20(11-12-21)17(3)4/h16-17,19,21H,5-15H2,1-4H3. The average molecular weight is 299 g/mol. The molecule has 1 aliphatic carbocycles. The van der Waals surface area contributed by atoms with Crippen molar-refractivity contribution in [3.05, 3.63) is 0 Å². The Morgan fingerprint density at radius 3 is 2.14 bits per heavy atom. The minimum atomic E-state index is 0.272. The molecule has 1 saturated carbocycles. The summed E-state index contributed by atoms with van der Waals surface area (Å²) in [6.07, 6.45) is 8.21. The predicted molar refractivity (Wildman–Crippen MR) is 91.6 cm³/mol. The zero-order valence-corrected chi connectivity index (χ0v) is 14.8. The summed E-state index contributed by atoms with van der Waals surface area (Å²) in [6.45, 7) is 13.5. The van der Waals surface area contributed by atoms with E-state index >= 15 is 0 Å². The van der Waals surface area contributed by atoms with Crippen molar-refractivity contribution in [2.24, 2.45) is 11.3 Å². The van der Waals surface area contributed by atoms with Crippen LogP contribution in [-0.4, -0.2) is 48.8 Å². The Balaban J connectivity index is 2.69. The second-order valence-electron chi connectivity index (χ2n) is 7.73. The normalized spacial score (nSPS) is 19.4. The van der Waals surface area contributed by atoms with Crippen LogP contribution in [0.2, 0.25) is 0 Å². The summed E-state index contributed by atoms with van der Waals surface area (Å²) < 4.78 is 0. The van der Waals surface area contributed by atoms with Crippen LogP contribution in [0, 0.1) is 11.3 Å². The van der Waals surface area contributed by atoms with Gasteiger partial charge in [0.15, 0.2) is 0 Å². The molecule has 0 aromatic carbocycles. The number of aliphatic hydroxyl groups is 1. The number of hydrogen-bond acceptors (Lipinski definition) is 3. The molecule has 0 amide bonds. The van der Waals surface area contributed by atoms with E-state index in [1.54, 1.807) is 0 Å². The molecule has 21 heavy (non-hydrogen) atoms. The molecule has 1 aliphatic rings. The van der Waals surface area contributed by atoms with Gasteiger partial charge in [-0.15, -0.1) is 0 Å². The van der Waals surface area contributed by atoms with Crippen LogP contribution in [0.15, 0.2) is 0 Å². The van der Waals surface area contributed by atoms with Crippen molar-refractivity contribution in [2.45, 2.75) is 72.3 Å². The van der Waals surface area contributed by atoms with Gasteiger partial charge in [0.2, 0.25) is 0 Å². The zero-order valence-electron chi connectivity index (χ0n) is 14.8. The van der Waals surface area contributed by atoms with Crippen molar-refractivity contribution in [3.8, 4) is 0 Å². The molecule has 0 bridgehead atoms. The molecule has 0 radical (unpaired) electrons. The van der Waals surface area contributed by atoms with E-state index < -0.39 is 0 Å². The molecule has 2 N–H and O–H groups in total. The Hall–Kier alpha value is -0.120. The zero-order chi connectivity index (χ0) is 15.7. The highest BCUT2D eigenvalue weighted by Gasteiger charge is 2.33. The quantitative estimate of drug-likeness (QED) is 0.641. The van der Waals surface area contributed by atoms with Gasteiger partial charge in [-0.05, 0) is 44.6 Å². The van der Waals surface area contributed by atoms with Crippen molar-refractivity contribution in [2.75, 3.05) is 32.8 Å². The summed E-state index contributed by atoms with van der Waals surface area (Å²) in [6, 6.07) is 0.516. The van der Waals surface area contributed by atoms with Crippen molar-refractivity contribution >= 4 is 0 Å². The van der Waals surface area contributed by atoms with Gasteiger partial charge in [0.25, 0.3) is 0 Å². The molecule has 0 aliphatic heterocycles. The molecule has 0 aromatic heterocycles. The maximum atomic E-state index is 9.35. The molecule has 0 heterocycles. The van der Waals surface area contributed by atoms with E-state index in [4.69, 9.17) is 0 Å². The lowest BCUT2D eigenvalue weighted by molar-refractivity contribution is 0.0855. The lowest BCUT2D eigenvalue weighted by Crippen LogP contribution is -2.47. The van der Waals surface area contributed by atoms with Crippen LogP contribution in [0.3, 0.4) is 0 Å². The molecule has 1 rings (SSSR count). The molecule has 0 aromatic rings. The Morgan fingerprint density at radius 2 is 1.67 bits per heavy atom. The van der Waals surface area contributed by atoms with Crippen LogP contribution >= 0.6 is 0 Å². The third-order valence-corrected chi connectivity index (χ3v) is 4.87. The van der Waals surface area contributed by atoms with Gasteiger partial charge in [-0.1, -0.05) is 39.5 Å². The molecule has 0 spiro atoms. The average Bonchev–Trinajstić information content (AvgIpc) is 2.64. The summed E-state index contributed by atoms with van der Waals surface area (Å²) in [5, 5.41) is 13.1. The van der Waals surface area contributed by atoms with Crippen LogP contribution in [0.25, 0.3) is 0 Å². The van der Waals surface area contributed by atoms with E-state index in [9.17, 15) is 5.11 Å². The minimum Gasteiger partial charge on any atom is -0.395 e. The molecule has 0 atom stereocenters. The molecule has 0 saturated heterocycles. The van der Waals surface area contributed by atoms with E-state index in [1.165, 1.54) is 38.5 Å². The lowest BCUT2D eigenvalue weighted by Gasteiger charge is -2.40. The van der Waals surface area contributed by atoms with E-state index in [1.807, 2.05) is 0 Å². The third kappa shape index (κ3) is 7.12. The second-order valence-corrected chi connectivity index (χ2v) is 7.73.